The van der Waals surface area contributed by atoms with Gasteiger partial charge in [0.15, 0.2) is 11.5 Å². The fraction of sp³-hybridized carbons (Fsp3) is 0.360. The molecule has 1 amide bonds. The first-order valence-corrected chi connectivity index (χ1v) is 12.3. The van der Waals surface area contributed by atoms with Gasteiger partial charge in [-0.25, -0.2) is 0 Å². The third-order valence-electron chi connectivity index (χ3n) is 5.80. The molecule has 1 saturated carbocycles. The molecule has 0 aliphatic heterocycles. The number of ether oxygens (including phenoxy) is 1. The molecule has 0 saturated heterocycles. The number of benzene rings is 2. The Balaban J connectivity index is 1.80. The number of carbonyl (C=O) groups is 1. The van der Waals surface area contributed by atoms with Crippen molar-refractivity contribution in [2.45, 2.75) is 50.5 Å². The Bertz CT molecular complexity index is 1180. The maximum absolute atomic E-state index is 12.6. The molecule has 0 aromatic heterocycles. The summed E-state index contributed by atoms with van der Waals surface area (Å²) in [6.45, 7) is 3.96. The van der Waals surface area contributed by atoms with E-state index in [9.17, 15) is 18.5 Å². The van der Waals surface area contributed by atoms with Crippen LogP contribution in [-0.4, -0.2) is 27.5 Å². The third kappa shape index (κ3) is 6.14. The Kier molecular flexibility index (Phi) is 7.77. The van der Waals surface area contributed by atoms with Crippen molar-refractivity contribution in [3.05, 3.63) is 59.2 Å². The molecular weight excluding hydrogens is 440 g/mol. The van der Waals surface area contributed by atoms with E-state index < -0.39 is 16.0 Å². The molecule has 1 aliphatic carbocycles. The molecule has 1 aliphatic rings. The molecule has 0 bridgehead atoms. The maximum atomic E-state index is 12.6. The van der Waals surface area contributed by atoms with E-state index in [2.05, 4.69) is 12.2 Å². The van der Waals surface area contributed by atoms with Gasteiger partial charge in [0.1, 0.15) is 16.5 Å². The smallest absolute Gasteiger partial charge is 0.339 e. The summed E-state index contributed by atoms with van der Waals surface area (Å²) in [4.78, 5) is 12.7. The number of hydrogen-bond acceptors (Lipinski definition) is 6. The highest BCUT2D eigenvalue weighted by Crippen LogP contribution is 2.32. The van der Waals surface area contributed by atoms with Crippen molar-refractivity contribution in [1.82, 2.24) is 5.32 Å². The zero-order valence-electron chi connectivity index (χ0n) is 19.0. The monoisotopic (exact) mass is 468 g/mol. The van der Waals surface area contributed by atoms with Crippen LogP contribution >= 0.6 is 0 Å². The van der Waals surface area contributed by atoms with Gasteiger partial charge in [0.25, 0.3) is 5.91 Å². The van der Waals surface area contributed by atoms with Crippen LogP contribution in [0.25, 0.3) is 6.08 Å². The van der Waals surface area contributed by atoms with E-state index in [1.54, 1.807) is 18.2 Å². The van der Waals surface area contributed by atoms with Crippen molar-refractivity contribution in [3.8, 4) is 17.6 Å². The van der Waals surface area contributed by atoms with Crippen LogP contribution in [0.1, 0.15) is 43.7 Å². The third-order valence-corrected chi connectivity index (χ3v) is 7.05. The Labute approximate surface area is 195 Å². The summed E-state index contributed by atoms with van der Waals surface area (Å²) >= 11 is 0. The second kappa shape index (κ2) is 10.5. The molecule has 0 heterocycles. The lowest BCUT2D eigenvalue weighted by Gasteiger charge is -2.29. The quantitative estimate of drug-likeness (QED) is 0.367. The van der Waals surface area contributed by atoms with Gasteiger partial charge in [-0.2, -0.15) is 13.7 Å². The lowest BCUT2D eigenvalue weighted by molar-refractivity contribution is -0.118. The Hall–Kier alpha value is -3.31. The van der Waals surface area contributed by atoms with E-state index in [1.807, 2.05) is 13.0 Å². The fourth-order valence-electron chi connectivity index (χ4n) is 3.81. The minimum atomic E-state index is -4.05. The predicted molar refractivity (Wildman–Crippen MR) is 125 cm³/mol. The number of aryl methyl sites for hydroxylation is 1. The van der Waals surface area contributed by atoms with E-state index in [-0.39, 0.29) is 28.0 Å². The van der Waals surface area contributed by atoms with Crippen molar-refractivity contribution in [3.63, 3.8) is 0 Å². The molecule has 1 N–H and O–H groups in total. The Morgan fingerprint density at radius 3 is 2.45 bits per heavy atom. The van der Waals surface area contributed by atoms with Gasteiger partial charge < -0.3 is 14.2 Å². The Morgan fingerprint density at radius 1 is 1.12 bits per heavy atom. The van der Waals surface area contributed by atoms with Crippen molar-refractivity contribution in [2.24, 2.45) is 5.92 Å². The predicted octanol–water partition coefficient (Wildman–Crippen LogP) is 4.37. The molecule has 0 unspecified atom stereocenters. The molecule has 8 heteroatoms. The summed E-state index contributed by atoms with van der Waals surface area (Å²) < 4.78 is 35.8. The van der Waals surface area contributed by atoms with Crippen molar-refractivity contribution >= 4 is 22.1 Å². The van der Waals surface area contributed by atoms with E-state index >= 15 is 0 Å². The van der Waals surface area contributed by atoms with Crippen LogP contribution in [0.15, 0.2) is 52.9 Å². The maximum Gasteiger partial charge on any atom is 0.339 e. The molecule has 2 atom stereocenters. The minimum Gasteiger partial charge on any atom is -0.493 e. The average molecular weight is 469 g/mol. The topological polar surface area (TPSA) is 105 Å². The van der Waals surface area contributed by atoms with Gasteiger partial charge in [-0.3, -0.25) is 4.79 Å². The lowest BCUT2D eigenvalue weighted by Crippen LogP contribution is -2.41. The second-order valence-corrected chi connectivity index (χ2v) is 9.82. The summed E-state index contributed by atoms with van der Waals surface area (Å²) in [5.41, 5.74) is 1.41. The molecule has 33 heavy (non-hydrogen) atoms. The Morgan fingerprint density at radius 2 is 1.82 bits per heavy atom. The van der Waals surface area contributed by atoms with Gasteiger partial charge in [-0.05, 0) is 61.6 Å². The van der Waals surface area contributed by atoms with Crippen LogP contribution in [0.5, 0.6) is 11.5 Å². The number of amides is 1. The first kappa shape index (κ1) is 24.3. The molecular formula is C25H28N2O5S. The second-order valence-electron chi connectivity index (χ2n) is 8.27. The zero-order chi connectivity index (χ0) is 24.0. The van der Waals surface area contributed by atoms with Crippen LogP contribution < -0.4 is 14.2 Å². The summed E-state index contributed by atoms with van der Waals surface area (Å²) in [5, 5.41) is 12.5. The first-order chi connectivity index (χ1) is 15.7. The summed E-state index contributed by atoms with van der Waals surface area (Å²) in [6.07, 6.45) is 5.62. The molecule has 7 nitrogen and oxygen atoms in total. The van der Waals surface area contributed by atoms with Gasteiger partial charge in [-0.1, -0.05) is 43.5 Å². The average Bonchev–Trinajstić information content (AvgIpc) is 2.79. The molecule has 0 spiro atoms. The number of nitrogens with one attached hydrogen (secondary N) is 1. The summed E-state index contributed by atoms with van der Waals surface area (Å²) in [7, 11) is -2.66. The molecule has 2 aromatic carbocycles. The van der Waals surface area contributed by atoms with E-state index in [0.29, 0.717) is 11.5 Å². The van der Waals surface area contributed by atoms with Gasteiger partial charge in [0.05, 0.1) is 7.11 Å². The van der Waals surface area contributed by atoms with Crippen LogP contribution in [-0.2, 0) is 14.9 Å². The van der Waals surface area contributed by atoms with Crippen molar-refractivity contribution in [2.75, 3.05) is 7.11 Å². The number of methoxy groups -OCH3 is 1. The van der Waals surface area contributed by atoms with E-state index in [4.69, 9.17) is 8.92 Å². The normalized spacial score (nSPS) is 18.8. The van der Waals surface area contributed by atoms with Gasteiger partial charge >= 0.3 is 10.1 Å². The zero-order valence-corrected chi connectivity index (χ0v) is 19.8. The molecule has 1 fully saturated rings. The molecule has 174 valence electrons. The van der Waals surface area contributed by atoms with Crippen LogP contribution in [0.2, 0.25) is 0 Å². The minimum absolute atomic E-state index is 0.00853. The first-order valence-electron chi connectivity index (χ1n) is 10.9. The van der Waals surface area contributed by atoms with E-state index in [1.165, 1.54) is 37.5 Å². The summed E-state index contributed by atoms with van der Waals surface area (Å²) in [6, 6.07) is 12.8. The highest BCUT2D eigenvalue weighted by atomic mass is 32.2. The van der Waals surface area contributed by atoms with Crippen LogP contribution in [0.4, 0.5) is 0 Å². The highest BCUT2D eigenvalue weighted by Gasteiger charge is 2.24. The number of rotatable bonds is 7. The van der Waals surface area contributed by atoms with Crippen LogP contribution in [0.3, 0.4) is 0 Å². The number of nitriles is 1. The van der Waals surface area contributed by atoms with Crippen LogP contribution in [0, 0.1) is 24.2 Å². The largest absolute Gasteiger partial charge is 0.493 e. The summed E-state index contributed by atoms with van der Waals surface area (Å²) in [5.74, 6) is 0.124. The number of carbonyl (C=O) groups excluding carboxylic acids is 1. The molecule has 2 aromatic rings. The van der Waals surface area contributed by atoms with Gasteiger partial charge in [-0.15, -0.1) is 0 Å². The highest BCUT2D eigenvalue weighted by molar-refractivity contribution is 7.87. The SMILES string of the molecule is COc1cc(/C=C(\C#N)C(=O)N[C@@H]2CCCC[C@@H]2C)ccc1OS(=O)(=O)c1ccc(C)cc1. The lowest BCUT2D eigenvalue weighted by atomic mass is 9.86. The van der Waals surface area contributed by atoms with Crippen molar-refractivity contribution in [1.29, 1.82) is 5.26 Å². The molecule has 0 radical (unpaired) electrons. The van der Waals surface area contributed by atoms with Crippen molar-refractivity contribution < 1.29 is 22.1 Å². The van der Waals surface area contributed by atoms with E-state index in [0.717, 1.165) is 31.2 Å². The number of nitrogens with zero attached hydrogens (tertiary/aromatic N) is 1. The molecule has 3 rings (SSSR count). The number of hydrogen-bond donors (Lipinski definition) is 1. The fourth-order valence-corrected chi connectivity index (χ4v) is 4.75. The van der Waals surface area contributed by atoms with Gasteiger partial charge in [0.2, 0.25) is 0 Å². The standard InChI is InChI=1S/C25H28N2O5S/c1-17-8-11-21(12-9-17)33(29,30)32-23-13-10-19(15-24(23)31-3)14-20(16-26)25(28)27-22-7-5-4-6-18(22)2/h8-15,18,22H,4-7H2,1-3H3,(H,27,28)/b20-14+/t18-,22+/m0/s1. The van der Waals surface area contributed by atoms with Gasteiger partial charge in [0, 0.05) is 6.04 Å².